The van der Waals surface area contributed by atoms with Gasteiger partial charge >= 0.3 is 0 Å². The third-order valence-electron chi connectivity index (χ3n) is 4.22. The highest BCUT2D eigenvalue weighted by molar-refractivity contribution is 7.91. The Morgan fingerprint density at radius 1 is 1.32 bits per heavy atom. The quantitative estimate of drug-likeness (QED) is 0.666. The number of nitrogens with zero attached hydrogens (tertiary/aromatic N) is 4. The van der Waals surface area contributed by atoms with Crippen LogP contribution in [-0.2, 0) is 9.84 Å². The van der Waals surface area contributed by atoms with Gasteiger partial charge < -0.3 is 15.1 Å². The number of carbonyl (C=O) groups excluding carboxylic acids is 1. The Bertz CT molecular complexity index is 676. The summed E-state index contributed by atoms with van der Waals surface area (Å²) in [6.45, 7) is 4.05. The lowest BCUT2D eigenvalue weighted by molar-refractivity contribution is 0.0701. The second-order valence-electron chi connectivity index (χ2n) is 6.54. The average Bonchev–Trinajstić information content (AvgIpc) is 2.92. The molecule has 0 spiro atoms. The zero-order valence-corrected chi connectivity index (χ0v) is 15.9. The zero-order chi connectivity index (χ0) is 18.4. The first-order chi connectivity index (χ1) is 11.8. The van der Waals surface area contributed by atoms with Crippen LogP contribution in [0.25, 0.3) is 0 Å². The predicted molar refractivity (Wildman–Crippen MR) is 97.5 cm³/mol. The Morgan fingerprint density at radius 3 is 2.60 bits per heavy atom. The van der Waals surface area contributed by atoms with Crippen LogP contribution in [-0.4, -0.2) is 85.6 Å². The van der Waals surface area contributed by atoms with E-state index in [0.717, 1.165) is 19.5 Å². The highest BCUT2D eigenvalue weighted by Crippen LogP contribution is 2.19. The molecule has 1 unspecified atom stereocenters. The molecule has 1 aliphatic heterocycles. The molecule has 1 N–H and O–H groups in total. The third-order valence-corrected chi connectivity index (χ3v) is 5.97. The molecule has 2 heterocycles. The summed E-state index contributed by atoms with van der Waals surface area (Å²) in [7, 11) is 1.01. The van der Waals surface area contributed by atoms with Crippen molar-refractivity contribution in [2.75, 3.05) is 50.6 Å². The second-order valence-corrected chi connectivity index (χ2v) is 8.76. The maximum absolute atomic E-state index is 12.6. The summed E-state index contributed by atoms with van der Waals surface area (Å²) in [5.74, 6) is 0.534. The predicted octanol–water partition coefficient (Wildman–Crippen LogP) is 0.489. The first-order valence-corrected chi connectivity index (χ1v) is 10.4. The molecule has 25 heavy (non-hydrogen) atoms. The van der Waals surface area contributed by atoms with Gasteiger partial charge in [0.05, 0.1) is 11.5 Å². The van der Waals surface area contributed by atoms with Crippen molar-refractivity contribution in [3.05, 3.63) is 17.8 Å². The largest absolute Gasteiger partial charge is 0.369 e. The standard InChI is InChI=1S/C16H27N5O3S/c1-4-21(13-8-11-25(23,24)12-13)16(22)14-6-7-15(19-18-14)17-9-5-10-20(2)3/h6-7,13H,4-5,8-12H2,1-3H3,(H,17,19). The molecule has 1 saturated heterocycles. The number of amides is 1. The van der Waals surface area contributed by atoms with Crippen LogP contribution in [0.15, 0.2) is 12.1 Å². The van der Waals surface area contributed by atoms with Crippen LogP contribution >= 0.6 is 0 Å². The fourth-order valence-corrected chi connectivity index (χ4v) is 4.62. The molecular formula is C16H27N5O3S. The van der Waals surface area contributed by atoms with Crippen molar-refractivity contribution in [3.8, 4) is 0 Å². The fourth-order valence-electron chi connectivity index (χ4n) is 2.89. The van der Waals surface area contributed by atoms with Crippen molar-refractivity contribution in [3.63, 3.8) is 0 Å². The highest BCUT2D eigenvalue weighted by atomic mass is 32.2. The van der Waals surface area contributed by atoms with E-state index in [0.29, 0.717) is 18.8 Å². The molecular weight excluding hydrogens is 342 g/mol. The van der Waals surface area contributed by atoms with Gasteiger partial charge in [-0.25, -0.2) is 8.42 Å². The maximum Gasteiger partial charge on any atom is 0.274 e. The molecule has 0 radical (unpaired) electrons. The summed E-state index contributed by atoms with van der Waals surface area (Å²) in [6, 6.07) is 3.10. The number of anilines is 1. The van der Waals surface area contributed by atoms with Gasteiger partial charge in [0.15, 0.2) is 15.5 Å². The van der Waals surface area contributed by atoms with E-state index in [2.05, 4.69) is 20.4 Å². The summed E-state index contributed by atoms with van der Waals surface area (Å²) < 4.78 is 23.3. The number of hydrogen-bond acceptors (Lipinski definition) is 7. The van der Waals surface area contributed by atoms with Gasteiger partial charge in [0, 0.05) is 19.1 Å². The van der Waals surface area contributed by atoms with Crippen molar-refractivity contribution in [1.29, 1.82) is 0 Å². The lowest BCUT2D eigenvalue weighted by atomic mass is 10.2. The molecule has 0 aromatic carbocycles. The summed E-state index contributed by atoms with van der Waals surface area (Å²) in [5.41, 5.74) is 0.241. The maximum atomic E-state index is 12.6. The molecule has 1 aromatic heterocycles. The molecule has 0 aliphatic carbocycles. The normalized spacial score (nSPS) is 19.1. The molecule has 1 aliphatic rings. The monoisotopic (exact) mass is 369 g/mol. The number of rotatable bonds is 8. The van der Waals surface area contributed by atoms with Crippen LogP contribution in [0.1, 0.15) is 30.3 Å². The Kier molecular flexibility index (Phi) is 6.71. The molecule has 1 amide bonds. The number of hydrogen-bond donors (Lipinski definition) is 1. The fraction of sp³-hybridized carbons (Fsp3) is 0.688. The Morgan fingerprint density at radius 2 is 2.08 bits per heavy atom. The van der Waals surface area contributed by atoms with Gasteiger partial charge in [-0.15, -0.1) is 10.2 Å². The van der Waals surface area contributed by atoms with E-state index in [1.807, 2.05) is 21.0 Å². The SMILES string of the molecule is CCN(C(=O)c1ccc(NCCCN(C)C)nn1)C1CCS(=O)(=O)C1. The number of sulfone groups is 1. The summed E-state index contributed by atoms with van der Waals surface area (Å²) in [5, 5.41) is 11.2. The topological polar surface area (TPSA) is 95.5 Å². The minimum absolute atomic E-state index is 0.0333. The van der Waals surface area contributed by atoms with Gasteiger partial charge in [0.25, 0.3) is 5.91 Å². The molecule has 140 valence electrons. The minimum atomic E-state index is -3.04. The summed E-state index contributed by atoms with van der Waals surface area (Å²) >= 11 is 0. The van der Waals surface area contributed by atoms with E-state index in [1.54, 1.807) is 17.0 Å². The Labute approximate surface area is 149 Å². The molecule has 8 nitrogen and oxygen atoms in total. The first-order valence-electron chi connectivity index (χ1n) is 8.56. The lowest BCUT2D eigenvalue weighted by Crippen LogP contribution is -2.41. The summed E-state index contributed by atoms with van der Waals surface area (Å²) in [4.78, 5) is 16.3. The Hall–Kier alpha value is -1.74. The molecule has 0 bridgehead atoms. The van der Waals surface area contributed by atoms with Crippen LogP contribution in [0.2, 0.25) is 0 Å². The first kappa shape index (κ1) is 19.6. The zero-order valence-electron chi connectivity index (χ0n) is 15.1. The van der Waals surface area contributed by atoms with E-state index in [1.165, 1.54) is 0 Å². The number of aromatic nitrogens is 2. The third kappa shape index (κ3) is 5.64. The van der Waals surface area contributed by atoms with E-state index in [-0.39, 0.29) is 29.1 Å². The Balaban J connectivity index is 1.94. The van der Waals surface area contributed by atoms with Crippen molar-refractivity contribution in [2.24, 2.45) is 0 Å². The van der Waals surface area contributed by atoms with Gasteiger partial charge in [-0.3, -0.25) is 4.79 Å². The molecule has 9 heteroatoms. The van der Waals surface area contributed by atoms with Crippen LogP contribution in [0, 0.1) is 0 Å². The van der Waals surface area contributed by atoms with Gasteiger partial charge in [-0.1, -0.05) is 0 Å². The molecule has 0 saturated carbocycles. The molecule has 2 rings (SSSR count). The van der Waals surface area contributed by atoms with Crippen LogP contribution < -0.4 is 5.32 Å². The van der Waals surface area contributed by atoms with Gasteiger partial charge in [-0.2, -0.15) is 0 Å². The van der Waals surface area contributed by atoms with Gasteiger partial charge in [0.1, 0.15) is 5.82 Å². The average molecular weight is 369 g/mol. The van der Waals surface area contributed by atoms with Gasteiger partial charge in [0.2, 0.25) is 0 Å². The van der Waals surface area contributed by atoms with Crippen molar-refractivity contribution >= 4 is 21.6 Å². The van der Waals surface area contributed by atoms with Crippen molar-refractivity contribution < 1.29 is 13.2 Å². The van der Waals surface area contributed by atoms with Gasteiger partial charge in [-0.05, 0) is 52.5 Å². The number of carbonyl (C=O) groups is 1. The van der Waals surface area contributed by atoms with E-state index >= 15 is 0 Å². The lowest BCUT2D eigenvalue weighted by Gasteiger charge is -2.26. The molecule has 1 aromatic rings. The van der Waals surface area contributed by atoms with Crippen molar-refractivity contribution in [1.82, 2.24) is 20.0 Å². The highest BCUT2D eigenvalue weighted by Gasteiger charge is 2.34. The van der Waals surface area contributed by atoms with Crippen LogP contribution in [0.5, 0.6) is 0 Å². The molecule has 1 atom stereocenters. The second kappa shape index (κ2) is 8.57. The minimum Gasteiger partial charge on any atom is -0.369 e. The van der Waals surface area contributed by atoms with Crippen LogP contribution in [0.4, 0.5) is 5.82 Å². The van der Waals surface area contributed by atoms with E-state index in [4.69, 9.17) is 0 Å². The van der Waals surface area contributed by atoms with E-state index in [9.17, 15) is 13.2 Å². The van der Waals surface area contributed by atoms with Crippen LogP contribution in [0.3, 0.4) is 0 Å². The summed E-state index contributed by atoms with van der Waals surface area (Å²) in [6.07, 6.45) is 1.47. The van der Waals surface area contributed by atoms with E-state index < -0.39 is 9.84 Å². The van der Waals surface area contributed by atoms with Crippen molar-refractivity contribution in [2.45, 2.75) is 25.8 Å². The molecule has 1 fully saturated rings. The number of nitrogens with one attached hydrogen (secondary N) is 1. The smallest absolute Gasteiger partial charge is 0.274 e.